The zero-order valence-corrected chi connectivity index (χ0v) is 44.4. The molecule has 1 aliphatic carbocycles. The van der Waals surface area contributed by atoms with E-state index < -0.39 is 72.0 Å². The van der Waals surface area contributed by atoms with Gasteiger partial charge in [0.25, 0.3) is 0 Å². The summed E-state index contributed by atoms with van der Waals surface area (Å²) < 4.78 is 148. The van der Waals surface area contributed by atoms with Crippen molar-refractivity contribution >= 4 is 5.97 Å². The lowest BCUT2D eigenvalue weighted by molar-refractivity contribution is -0.139. The molecule has 15 heteroatoms. The topological polar surface area (TPSA) is 74.2 Å². The van der Waals surface area contributed by atoms with Crippen molar-refractivity contribution in [3.63, 3.8) is 0 Å². The summed E-state index contributed by atoms with van der Waals surface area (Å²) in [5, 5.41) is 10.1. The smallest absolute Gasteiger partial charge is 0.389 e. The van der Waals surface area contributed by atoms with Crippen LogP contribution in [0.25, 0.3) is 0 Å². The maximum absolute atomic E-state index is 13.6. The number of benzene rings is 4. The summed E-state index contributed by atoms with van der Waals surface area (Å²) in [5.41, 5.74) is 5.91. The van der Waals surface area contributed by atoms with Crippen LogP contribution in [0.2, 0.25) is 0 Å². The Labute approximate surface area is 425 Å². The average molecular weight is 1040 g/mol. The van der Waals surface area contributed by atoms with Gasteiger partial charge in [0, 0.05) is 44.9 Å². The van der Waals surface area contributed by atoms with E-state index in [0.717, 1.165) is 22.3 Å². The van der Waals surface area contributed by atoms with Gasteiger partial charge in [-0.15, -0.1) is 0 Å². The van der Waals surface area contributed by atoms with Crippen LogP contribution >= 0.6 is 0 Å². The number of aliphatic carboxylic acids is 1. The van der Waals surface area contributed by atoms with Gasteiger partial charge in [0.15, 0.2) is 6.61 Å². The quantitative estimate of drug-likeness (QED) is 0.0832. The number of carboxylic acid groups (broad SMARTS) is 1. The molecule has 1 aliphatic rings. The number of ether oxygens (including phenoxy) is 4. The van der Waals surface area contributed by atoms with Gasteiger partial charge in [-0.3, -0.25) is 0 Å². The highest BCUT2D eigenvalue weighted by molar-refractivity contribution is 5.69. The highest BCUT2D eigenvalue weighted by atomic mass is 19.4. The second-order valence-corrected chi connectivity index (χ2v) is 23.6. The fourth-order valence-corrected chi connectivity index (χ4v) is 8.84. The van der Waals surface area contributed by atoms with Crippen LogP contribution in [0, 0.1) is 0 Å². The predicted octanol–water partition coefficient (Wildman–Crippen LogP) is 16.2. The Bertz CT molecular complexity index is 2420. The van der Waals surface area contributed by atoms with E-state index in [9.17, 15) is 49.4 Å². The van der Waals surface area contributed by atoms with Gasteiger partial charge in [-0.1, -0.05) is 132 Å². The van der Waals surface area contributed by atoms with Crippen LogP contribution in [-0.2, 0) is 52.1 Å². The van der Waals surface area contributed by atoms with E-state index >= 15 is 0 Å². The van der Waals surface area contributed by atoms with Gasteiger partial charge < -0.3 is 24.1 Å². The maximum atomic E-state index is 13.6. The largest absolute Gasteiger partial charge is 0.493 e. The van der Waals surface area contributed by atoms with Crippen LogP contribution in [0.15, 0.2) is 48.5 Å². The molecule has 73 heavy (non-hydrogen) atoms. The van der Waals surface area contributed by atoms with Crippen molar-refractivity contribution in [2.24, 2.45) is 0 Å². The number of alkyl halides is 9. The molecule has 0 saturated heterocycles. The molecule has 0 aromatic heterocycles. The lowest BCUT2D eigenvalue weighted by Crippen LogP contribution is -2.19. The van der Waals surface area contributed by atoms with Gasteiger partial charge in [-0.25, -0.2) is 4.79 Å². The highest BCUT2D eigenvalue weighted by Crippen LogP contribution is 2.45. The summed E-state index contributed by atoms with van der Waals surface area (Å²) in [7, 11) is 0. The minimum atomic E-state index is -4.45. The second kappa shape index (κ2) is 22.4. The molecule has 1 N–H and O–H groups in total. The van der Waals surface area contributed by atoms with Gasteiger partial charge in [-0.2, -0.15) is 39.5 Å². The van der Waals surface area contributed by atoms with Crippen LogP contribution in [0.5, 0.6) is 23.0 Å². The van der Waals surface area contributed by atoms with E-state index in [1.165, 1.54) is 0 Å². The van der Waals surface area contributed by atoms with Crippen LogP contribution in [0.1, 0.15) is 188 Å². The molecule has 8 bridgehead atoms. The molecule has 0 atom stereocenters. The minimum Gasteiger partial charge on any atom is -0.493 e. The number of hydrogen-bond acceptors (Lipinski definition) is 5. The Hall–Kier alpha value is -5.08. The summed E-state index contributed by atoms with van der Waals surface area (Å²) in [6, 6.07) is 15.5. The molecule has 0 amide bonds. The Morgan fingerprint density at radius 2 is 0.575 bits per heavy atom. The first-order chi connectivity index (χ1) is 33.4. The zero-order valence-electron chi connectivity index (χ0n) is 44.4. The monoisotopic (exact) mass is 1040 g/mol. The van der Waals surface area contributed by atoms with Crippen molar-refractivity contribution in [2.75, 3.05) is 26.4 Å². The molecular formula is C58H73F9O6. The number of carbonyl (C=O) groups is 1. The lowest BCUT2D eigenvalue weighted by atomic mass is 9.79. The van der Waals surface area contributed by atoms with Gasteiger partial charge in [-0.05, 0) is 108 Å². The third-order valence-electron chi connectivity index (χ3n) is 12.9. The van der Waals surface area contributed by atoms with E-state index in [0.29, 0.717) is 61.8 Å². The van der Waals surface area contributed by atoms with Crippen molar-refractivity contribution in [3.05, 3.63) is 115 Å². The molecule has 0 heterocycles. The van der Waals surface area contributed by atoms with E-state index in [1.54, 1.807) is 0 Å². The average Bonchev–Trinajstić information content (AvgIpc) is 3.21. The Balaban J connectivity index is 1.99. The van der Waals surface area contributed by atoms with Crippen LogP contribution in [-0.4, -0.2) is 56.0 Å². The van der Waals surface area contributed by atoms with Crippen LogP contribution < -0.4 is 18.9 Å². The minimum absolute atomic E-state index is 0.0551. The van der Waals surface area contributed by atoms with Gasteiger partial charge in [0.1, 0.15) is 23.0 Å². The molecule has 0 fully saturated rings. The molecule has 0 saturated carbocycles. The zero-order chi connectivity index (χ0) is 54.7. The molecule has 6 nitrogen and oxygen atoms in total. The molecule has 404 valence electrons. The predicted molar refractivity (Wildman–Crippen MR) is 267 cm³/mol. The molecule has 4 aromatic rings. The molecule has 4 aromatic carbocycles. The second-order valence-electron chi connectivity index (χ2n) is 23.6. The van der Waals surface area contributed by atoms with Crippen molar-refractivity contribution in [1.29, 1.82) is 0 Å². The highest BCUT2D eigenvalue weighted by Gasteiger charge is 2.32. The first-order valence-corrected chi connectivity index (χ1v) is 25.0. The van der Waals surface area contributed by atoms with Gasteiger partial charge in [0.2, 0.25) is 0 Å². The number of carboxylic acids is 1. The fourth-order valence-electron chi connectivity index (χ4n) is 8.84. The summed E-state index contributed by atoms with van der Waals surface area (Å²) in [5.74, 6) is -0.108. The molecule has 5 rings (SSSR count). The van der Waals surface area contributed by atoms with Crippen molar-refractivity contribution in [2.45, 2.75) is 187 Å². The standard InChI is InChI=1S/C58H73F9O6/c1-52(2,3)43-26-35-22-37-28-44(53(4,5)6)30-39(49(37)71-20-14-17-57(62,63)64)24-41-32-46(55(10,11)12)33-42(51(41)73-34-47(68)69)25-40-31-45(54(7,8)9)29-38(50(40)72-21-15-18-58(65,66)67)23-36(27-43)48(35)70-19-13-16-56(59,60)61/h26-33H,13-25,34H2,1-12H3,(H,68,69). The molecule has 0 unspecified atom stereocenters. The van der Waals surface area contributed by atoms with Crippen molar-refractivity contribution in [3.8, 4) is 23.0 Å². The number of hydrogen-bond donors (Lipinski definition) is 1. The molecule has 0 radical (unpaired) electrons. The Morgan fingerprint density at radius 3 is 0.740 bits per heavy atom. The van der Waals surface area contributed by atoms with Crippen molar-refractivity contribution in [1.82, 2.24) is 0 Å². The summed E-state index contributed by atoms with van der Waals surface area (Å²) in [6.07, 6.45) is -17.5. The first kappa shape index (κ1) is 58.8. The number of halogens is 9. The number of rotatable bonds is 15. The van der Waals surface area contributed by atoms with E-state index in [4.69, 9.17) is 18.9 Å². The normalized spacial score (nSPS) is 14.0. The van der Waals surface area contributed by atoms with Crippen molar-refractivity contribution < 1.29 is 68.4 Å². The van der Waals surface area contributed by atoms with E-state index in [1.807, 2.05) is 132 Å². The summed E-state index contributed by atoms with van der Waals surface area (Å²) >= 11 is 0. The fraction of sp³-hybridized carbons (Fsp3) is 0.569. The first-order valence-electron chi connectivity index (χ1n) is 25.0. The Kier molecular flexibility index (Phi) is 18.1. The van der Waals surface area contributed by atoms with Crippen LogP contribution in [0.4, 0.5) is 39.5 Å². The molecule has 0 spiro atoms. The number of fused-ring (bicyclic) bond motifs is 8. The SMILES string of the molecule is CC(C)(C)c1cc2c(OCCCC(F)(F)F)c(c1)Cc1cc(C(C)(C)C)cc(c1OCCCC(F)(F)F)Cc1cc(C(C)(C)C)cc(c1OCC(=O)O)Cc1cc(C(C)(C)C)cc(c1OCCCC(F)(F)F)C2. The Morgan fingerprint density at radius 1 is 0.384 bits per heavy atom. The molecular weight excluding hydrogens is 964 g/mol. The third kappa shape index (κ3) is 17.2. The maximum Gasteiger partial charge on any atom is 0.389 e. The van der Waals surface area contributed by atoms with E-state index in [-0.39, 0.29) is 70.5 Å². The molecule has 0 aliphatic heterocycles. The van der Waals surface area contributed by atoms with Gasteiger partial charge >= 0.3 is 24.5 Å². The van der Waals surface area contributed by atoms with Crippen LogP contribution in [0.3, 0.4) is 0 Å². The summed E-state index contributed by atoms with van der Waals surface area (Å²) in [4.78, 5) is 12.3. The summed E-state index contributed by atoms with van der Waals surface area (Å²) in [6.45, 7) is 22.5. The van der Waals surface area contributed by atoms with E-state index in [2.05, 4.69) is 0 Å². The lowest BCUT2D eigenvalue weighted by Gasteiger charge is -2.29. The third-order valence-corrected chi connectivity index (χ3v) is 12.9. The van der Waals surface area contributed by atoms with Gasteiger partial charge in [0.05, 0.1) is 19.8 Å².